The third-order valence-electron chi connectivity index (χ3n) is 3.11. The Labute approximate surface area is 119 Å². The van der Waals surface area contributed by atoms with Crippen molar-refractivity contribution in [1.29, 1.82) is 0 Å². The van der Waals surface area contributed by atoms with Crippen LogP contribution in [0.1, 0.15) is 30.9 Å². The van der Waals surface area contributed by atoms with Gasteiger partial charge in [-0.25, -0.2) is 0 Å². The molecular weight excluding hydrogens is 250 g/mol. The monoisotopic (exact) mass is 269 g/mol. The van der Waals surface area contributed by atoms with E-state index in [4.69, 9.17) is 4.74 Å². The number of nitrogens with one attached hydrogen (secondary N) is 1. The van der Waals surface area contributed by atoms with Crippen LogP contribution in [0.3, 0.4) is 0 Å². The zero-order valence-corrected chi connectivity index (χ0v) is 12.0. The highest BCUT2D eigenvalue weighted by Crippen LogP contribution is 2.34. The van der Waals surface area contributed by atoms with E-state index < -0.39 is 0 Å². The SMILES string of the molecule is Cc1ccc(C(C)C)c(Oc2ccccc2NC=O)c1. The van der Waals surface area contributed by atoms with Crippen LogP contribution < -0.4 is 10.1 Å². The summed E-state index contributed by atoms with van der Waals surface area (Å²) in [6, 6.07) is 13.6. The highest BCUT2D eigenvalue weighted by molar-refractivity contribution is 5.75. The van der Waals surface area contributed by atoms with E-state index in [1.807, 2.05) is 37.3 Å². The average molecular weight is 269 g/mol. The van der Waals surface area contributed by atoms with Crippen molar-refractivity contribution in [2.75, 3.05) is 5.32 Å². The van der Waals surface area contributed by atoms with Crippen LogP contribution in [-0.4, -0.2) is 6.41 Å². The molecule has 1 amide bonds. The average Bonchev–Trinajstić information content (AvgIpc) is 2.41. The summed E-state index contributed by atoms with van der Waals surface area (Å²) < 4.78 is 6.01. The van der Waals surface area contributed by atoms with Gasteiger partial charge in [0.2, 0.25) is 6.41 Å². The second kappa shape index (κ2) is 6.24. The fraction of sp³-hybridized carbons (Fsp3) is 0.235. The second-order valence-corrected chi connectivity index (χ2v) is 5.06. The predicted octanol–water partition coefficient (Wildman–Crippen LogP) is 4.48. The fourth-order valence-corrected chi connectivity index (χ4v) is 2.06. The maximum atomic E-state index is 10.6. The van der Waals surface area contributed by atoms with Crippen molar-refractivity contribution >= 4 is 12.1 Å². The molecule has 20 heavy (non-hydrogen) atoms. The van der Waals surface area contributed by atoms with Crippen molar-refractivity contribution < 1.29 is 9.53 Å². The van der Waals surface area contributed by atoms with Gasteiger partial charge in [0.1, 0.15) is 5.75 Å². The van der Waals surface area contributed by atoms with E-state index in [2.05, 4.69) is 31.3 Å². The molecule has 3 heteroatoms. The standard InChI is InChI=1S/C17H19NO2/c1-12(2)14-9-8-13(3)10-17(14)20-16-7-5-4-6-15(16)18-11-19/h4-12H,1-3H3,(H,18,19). The van der Waals surface area contributed by atoms with Gasteiger partial charge in [0.25, 0.3) is 0 Å². The maximum absolute atomic E-state index is 10.6. The predicted molar refractivity (Wildman–Crippen MR) is 81.5 cm³/mol. The van der Waals surface area contributed by atoms with Gasteiger partial charge in [0, 0.05) is 0 Å². The van der Waals surface area contributed by atoms with E-state index in [1.165, 1.54) is 0 Å². The van der Waals surface area contributed by atoms with Gasteiger partial charge in [-0.3, -0.25) is 4.79 Å². The number of rotatable bonds is 5. The van der Waals surface area contributed by atoms with Crippen LogP contribution in [-0.2, 0) is 4.79 Å². The topological polar surface area (TPSA) is 38.3 Å². The molecule has 2 aromatic carbocycles. The van der Waals surface area contributed by atoms with E-state index in [0.29, 0.717) is 23.8 Å². The van der Waals surface area contributed by atoms with Gasteiger partial charge >= 0.3 is 0 Å². The van der Waals surface area contributed by atoms with E-state index >= 15 is 0 Å². The van der Waals surface area contributed by atoms with Crippen molar-refractivity contribution in [1.82, 2.24) is 0 Å². The quantitative estimate of drug-likeness (QED) is 0.813. The fourth-order valence-electron chi connectivity index (χ4n) is 2.06. The summed E-state index contributed by atoms with van der Waals surface area (Å²) in [5, 5.41) is 2.65. The maximum Gasteiger partial charge on any atom is 0.211 e. The Bertz CT molecular complexity index is 606. The lowest BCUT2D eigenvalue weighted by molar-refractivity contribution is -0.105. The highest BCUT2D eigenvalue weighted by atomic mass is 16.5. The number of benzene rings is 2. The largest absolute Gasteiger partial charge is 0.455 e. The first-order chi connectivity index (χ1) is 9.61. The molecule has 0 fully saturated rings. The molecule has 0 aliphatic rings. The number of hydrogen-bond donors (Lipinski definition) is 1. The molecule has 0 atom stereocenters. The van der Waals surface area contributed by atoms with Crippen molar-refractivity contribution in [2.24, 2.45) is 0 Å². The Kier molecular flexibility index (Phi) is 4.41. The van der Waals surface area contributed by atoms with Gasteiger partial charge in [0.15, 0.2) is 5.75 Å². The molecule has 1 N–H and O–H groups in total. The van der Waals surface area contributed by atoms with Crippen molar-refractivity contribution in [3.8, 4) is 11.5 Å². The number of para-hydroxylation sites is 2. The number of carbonyl (C=O) groups is 1. The Morgan fingerprint density at radius 1 is 1.10 bits per heavy atom. The number of ether oxygens (including phenoxy) is 1. The second-order valence-electron chi connectivity index (χ2n) is 5.06. The summed E-state index contributed by atoms with van der Waals surface area (Å²) in [6.45, 7) is 6.30. The summed E-state index contributed by atoms with van der Waals surface area (Å²) in [7, 11) is 0. The first-order valence-corrected chi connectivity index (χ1v) is 6.69. The van der Waals surface area contributed by atoms with E-state index in [1.54, 1.807) is 0 Å². The molecule has 0 bridgehead atoms. The molecule has 0 saturated heterocycles. The zero-order chi connectivity index (χ0) is 14.5. The van der Waals surface area contributed by atoms with Gasteiger partial charge in [-0.1, -0.05) is 38.1 Å². The Morgan fingerprint density at radius 3 is 2.55 bits per heavy atom. The molecule has 0 aromatic heterocycles. The first-order valence-electron chi connectivity index (χ1n) is 6.69. The highest BCUT2D eigenvalue weighted by Gasteiger charge is 2.11. The van der Waals surface area contributed by atoms with Gasteiger partial charge in [-0.2, -0.15) is 0 Å². The van der Waals surface area contributed by atoms with Gasteiger partial charge in [-0.05, 0) is 42.2 Å². The number of aryl methyl sites for hydroxylation is 1. The van der Waals surface area contributed by atoms with Crippen LogP contribution in [0.5, 0.6) is 11.5 Å². The van der Waals surface area contributed by atoms with Crippen LogP contribution in [0.4, 0.5) is 5.69 Å². The minimum atomic E-state index is 0.372. The molecule has 0 saturated carbocycles. The first kappa shape index (κ1) is 14.1. The number of carbonyl (C=O) groups excluding carboxylic acids is 1. The molecular formula is C17H19NO2. The minimum Gasteiger partial charge on any atom is -0.455 e. The number of anilines is 1. The lowest BCUT2D eigenvalue weighted by atomic mass is 10.0. The molecule has 104 valence electrons. The third-order valence-corrected chi connectivity index (χ3v) is 3.11. The molecule has 2 aromatic rings. The lowest BCUT2D eigenvalue weighted by Gasteiger charge is -2.16. The molecule has 0 unspecified atom stereocenters. The third kappa shape index (κ3) is 3.18. The summed E-state index contributed by atoms with van der Waals surface area (Å²) in [5.74, 6) is 1.85. The van der Waals surface area contributed by atoms with Crippen LogP contribution in [0.25, 0.3) is 0 Å². The van der Waals surface area contributed by atoms with Crippen LogP contribution in [0.2, 0.25) is 0 Å². The number of amides is 1. The molecule has 0 aliphatic heterocycles. The molecule has 3 nitrogen and oxygen atoms in total. The minimum absolute atomic E-state index is 0.372. The normalized spacial score (nSPS) is 10.4. The lowest BCUT2D eigenvalue weighted by Crippen LogP contribution is -1.99. The van der Waals surface area contributed by atoms with Crippen LogP contribution >= 0.6 is 0 Å². The molecule has 0 spiro atoms. The molecule has 0 aliphatic carbocycles. The van der Waals surface area contributed by atoms with Gasteiger partial charge in [-0.15, -0.1) is 0 Å². The van der Waals surface area contributed by atoms with Crippen LogP contribution in [0, 0.1) is 6.92 Å². The molecule has 0 radical (unpaired) electrons. The van der Waals surface area contributed by atoms with Gasteiger partial charge < -0.3 is 10.1 Å². The van der Waals surface area contributed by atoms with E-state index in [9.17, 15) is 4.79 Å². The molecule has 2 rings (SSSR count). The Morgan fingerprint density at radius 2 is 1.85 bits per heavy atom. The summed E-state index contributed by atoms with van der Waals surface area (Å²) >= 11 is 0. The Hall–Kier alpha value is -2.29. The van der Waals surface area contributed by atoms with Crippen LogP contribution in [0.15, 0.2) is 42.5 Å². The smallest absolute Gasteiger partial charge is 0.211 e. The summed E-state index contributed by atoms with van der Waals surface area (Å²) in [6.07, 6.45) is 0.655. The summed E-state index contributed by atoms with van der Waals surface area (Å²) in [5.41, 5.74) is 2.96. The van der Waals surface area contributed by atoms with Crippen molar-refractivity contribution in [3.05, 3.63) is 53.6 Å². The van der Waals surface area contributed by atoms with Crippen molar-refractivity contribution in [3.63, 3.8) is 0 Å². The summed E-state index contributed by atoms with van der Waals surface area (Å²) in [4.78, 5) is 10.6. The van der Waals surface area contributed by atoms with Gasteiger partial charge in [0.05, 0.1) is 5.69 Å². The Balaban J connectivity index is 2.39. The number of hydrogen-bond acceptors (Lipinski definition) is 2. The van der Waals surface area contributed by atoms with Crippen molar-refractivity contribution in [2.45, 2.75) is 26.7 Å². The van der Waals surface area contributed by atoms with E-state index in [0.717, 1.165) is 16.9 Å². The van der Waals surface area contributed by atoms with E-state index in [-0.39, 0.29) is 0 Å². The zero-order valence-electron chi connectivity index (χ0n) is 12.0. The molecule has 0 heterocycles.